The smallest absolute Gasteiger partial charge is 0.147 e. The Morgan fingerprint density at radius 1 is 1.44 bits per heavy atom. The van der Waals surface area contributed by atoms with Crippen LogP contribution in [0.2, 0.25) is 5.02 Å². The van der Waals surface area contributed by atoms with Gasteiger partial charge in [-0.3, -0.25) is 0 Å². The summed E-state index contributed by atoms with van der Waals surface area (Å²) in [6, 6.07) is 4.68. The molecule has 1 N–H and O–H groups in total. The summed E-state index contributed by atoms with van der Waals surface area (Å²) in [5.41, 5.74) is 0.347. The maximum absolute atomic E-state index is 13.5. The standard InChI is InChI=1S/C12H17ClFNO/c1-8(2)11(7-16-3)15-12-9(13)5-4-6-10(12)14/h4-6,8,11,15H,7H2,1-3H3. The van der Waals surface area contributed by atoms with Crippen LogP contribution >= 0.6 is 11.6 Å². The van der Waals surface area contributed by atoms with E-state index < -0.39 is 0 Å². The number of nitrogens with one attached hydrogen (secondary N) is 1. The number of rotatable bonds is 5. The molecule has 0 aliphatic heterocycles. The molecule has 0 radical (unpaired) electrons. The highest BCUT2D eigenvalue weighted by atomic mass is 35.5. The second-order valence-electron chi connectivity index (χ2n) is 4.05. The van der Waals surface area contributed by atoms with Crippen molar-refractivity contribution >= 4 is 17.3 Å². The quantitative estimate of drug-likeness (QED) is 0.857. The third kappa shape index (κ3) is 3.35. The van der Waals surface area contributed by atoms with Crippen LogP contribution in [-0.4, -0.2) is 19.8 Å². The summed E-state index contributed by atoms with van der Waals surface area (Å²) < 4.78 is 18.6. The average Bonchev–Trinajstić information content (AvgIpc) is 2.21. The number of methoxy groups -OCH3 is 1. The first-order valence-electron chi connectivity index (χ1n) is 5.25. The topological polar surface area (TPSA) is 21.3 Å². The first-order valence-corrected chi connectivity index (χ1v) is 5.63. The predicted octanol–water partition coefficient (Wildman–Crippen LogP) is 3.56. The van der Waals surface area contributed by atoms with E-state index in [2.05, 4.69) is 5.32 Å². The molecule has 16 heavy (non-hydrogen) atoms. The summed E-state index contributed by atoms with van der Waals surface area (Å²) in [5, 5.41) is 3.47. The molecule has 0 heterocycles. The molecule has 0 aliphatic carbocycles. The van der Waals surface area contributed by atoms with Crippen LogP contribution in [0.4, 0.5) is 10.1 Å². The number of ether oxygens (including phenoxy) is 1. The Bertz CT molecular complexity index is 324. The van der Waals surface area contributed by atoms with Gasteiger partial charge >= 0.3 is 0 Å². The molecule has 0 aromatic heterocycles. The van der Waals surface area contributed by atoms with E-state index in [4.69, 9.17) is 16.3 Å². The van der Waals surface area contributed by atoms with E-state index in [0.29, 0.717) is 23.2 Å². The van der Waals surface area contributed by atoms with Gasteiger partial charge in [0.2, 0.25) is 0 Å². The maximum atomic E-state index is 13.5. The summed E-state index contributed by atoms with van der Waals surface area (Å²) in [6.07, 6.45) is 0. The molecule has 90 valence electrons. The van der Waals surface area contributed by atoms with Gasteiger partial charge in [-0.1, -0.05) is 31.5 Å². The first kappa shape index (κ1) is 13.3. The van der Waals surface area contributed by atoms with E-state index in [-0.39, 0.29) is 11.9 Å². The van der Waals surface area contributed by atoms with Gasteiger partial charge in [0, 0.05) is 7.11 Å². The second kappa shape index (κ2) is 6.06. The summed E-state index contributed by atoms with van der Waals surface area (Å²) in [7, 11) is 1.63. The Hall–Kier alpha value is -0.800. The highest BCUT2D eigenvalue weighted by Gasteiger charge is 2.16. The third-order valence-corrected chi connectivity index (χ3v) is 2.76. The van der Waals surface area contributed by atoms with Crippen molar-refractivity contribution in [2.24, 2.45) is 5.92 Å². The maximum Gasteiger partial charge on any atom is 0.147 e. The van der Waals surface area contributed by atoms with E-state index in [0.717, 1.165) is 0 Å². The van der Waals surface area contributed by atoms with Gasteiger partial charge in [-0.25, -0.2) is 4.39 Å². The zero-order valence-electron chi connectivity index (χ0n) is 9.76. The highest BCUT2D eigenvalue weighted by molar-refractivity contribution is 6.33. The van der Waals surface area contributed by atoms with Gasteiger partial charge in [-0.15, -0.1) is 0 Å². The summed E-state index contributed by atoms with van der Waals surface area (Å²) >= 11 is 5.94. The molecule has 0 bridgehead atoms. The molecule has 0 fully saturated rings. The van der Waals surface area contributed by atoms with Gasteiger partial charge in [0.15, 0.2) is 0 Å². The Morgan fingerprint density at radius 2 is 2.12 bits per heavy atom. The number of halogens is 2. The van der Waals surface area contributed by atoms with Crippen molar-refractivity contribution in [1.82, 2.24) is 0 Å². The molecule has 1 atom stereocenters. The number of benzene rings is 1. The van der Waals surface area contributed by atoms with Crippen molar-refractivity contribution in [2.75, 3.05) is 19.0 Å². The Labute approximate surface area is 101 Å². The third-order valence-electron chi connectivity index (χ3n) is 2.44. The molecular weight excluding hydrogens is 229 g/mol. The van der Waals surface area contributed by atoms with Crippen molar-refractivity contribution in [2.45, 2.75) is 19.9 Å². The Kier molecular flexibility index (Phi) is 5.03. The normalized spacial score (nSPS) is 12.9. The lowest BCUT2D eigenvalue weighted by Crippen LogP contribution is -2.30. The molecule has 1 rings (SSSR count). The van der Waals surface area contributed by atoms with Crippen molar-refractivity contribution in [3.8, 4) is 0 Å². The summed E-state index contributed by atoms with van der Waals surface area (Å²) in [6.45, 7) is 4.61. The zero-order valence-corrected chi connectivity index (χ0v) is 10.5. The minimum Gasteiger partial charge on any atom is -0.383 e. The van der Waals surface area contributed by atoms with E-state index in [1.54, 1.807) is 19.2 Å². The minimum absolute atomic E-state index is 0.0411. The van der Waals surface area contributed by atoms with Crippen molar-refractivity contribution < 1.29 is 9.13 Å². The van der Waals surface area contributed by atoms with Crippen LogP contribution < -0.4 is 5.32 Å². The molecule has 0 saturated heterocycles. The van der Waals surface area contributed by atoms with Crippen LogP contribution in [-0.2, 0) is 4.74 Å². The molecule has 2 nitrogen and oxygen atoms in total. The van der Waals surface area contributed by atoms with Crippen molar-refractivity contribution in [1.29, 1.82) is 0 Å². The van der Waals surface area contributed by atoms with Crippen LogP contribution in [0.25, 0.3) is 0 Å². The Morgan fingerprint density at radius 3 is 2.62 bits per heavy atom. The molecule has 4 heteroatoms. The fourth-order valence-corrected chi connectivity index (χ4v) is 1.62. The van der Waals surface area contributed by atoms with E-state index in [1.165, 1.54) is 6.07 Å². The van der Waals surface area contributed by atoms with Crippen LogP contribution in [0.3, 0.4) is 0 Å². The molecule has 1 unspecified atom stereocenters. The van der Waals surface area contributed by atoms with E-state index >= 15 is 0 Å². The van der Waals surface area contributed by atoms with Crippen LogP contribution in [0.1, 0.15) is 13.8 Å². The van der Waals surface area contributed by atoms with Crippen molar-refractivity contribution in [3.05, 3.63) is 29.0 Å². The lowest BCUT2D eigenvalue weighted by Gasteiger charge is -2.23. The van der Waals surface area contributed by atoms with Gasteiger partial charge < -0.3 is 10.1 Å². The van der Waals surface area contributed by atoms with Crippen LogP contribution in [0, 0.1) is 11.7 Å². The average molecular weight is 246 g/mol. The van der Waals surface area contributed by atoms with Gasteiger partial charge in [0.05, 0.1) is 23.4 Å². The lowest BCUT2D eigenvalue weighted by molar-refractivity contribution is 0.171. The number of hydrogen-bond acceptors (Lipinski definition) is 2. The van der Waals surface area contributed by atoms with Gasteiger partial charge in [-0.05, 0) is 18.1 Å². The monoisotopic (exact) mass is 245 g/mol. The molecular formula is C12H17ClFNO. The Balaban J connectivity index is 2.84. The molecule has 0 aliphatic rings. The molecule has 0 amide bonds. The SMILES string of the molecule is COCC(Nc1c(F)cccc1Cl)C(C)C. The molecule has 1 aromatic rings. The largest absolute Gasteiger partial charge is 0.383 e. The van der Waals surface area contributed by atoms with Gasteiger partial charge in [0.1, 0.15) is 5.82 Å². The lowest BCUT2D eigenvalue weighted by atomic mass is 10.0. The summed E-state index contributed by atoms with van der Waals surface area (Å²) in [5.74, 6) is -0.00937. The van der Waals surface area contributed by atoms with Crippen LogP contribution in [0.5, 0.6) is 0 Å². The van der Waals surface area contributed by atoms with E-state index in [9.17, 15) is 4.39 Å². The number of para-hydroxylation sites is 1. The van der Waals surface area contributed by atoms with Crippen molar-refractivity contribution in [3.63, 3.8) is 0 Å². The van der Waals surface area contributed by atoms with Crippen LogP contribution in [0.15, 0.2) is 18.2 Å². The van der Waals surface area contributed by atoms with Gasteiger partial charge in [-0.2, -0.15) is 0 Å². The van der Waals surface area contributed by atoms with Gasteiger partial charge in [0.25, 0.3) is 0 Å². The number of anilines is 1. The molecule has 0 spiro atoms. The number of hydrogen-bond donors (Lipinski definition) is 1. The predicted molar refractivity (Wildman–Crippen MR) is 65.5 cm³/mol. The zero-order chi connectivity index (χ0) is 12.1. The molecule has 1 aromatic carbocycles. The minimum atomic E-state index is -0.339. The second-order valence-corrected chi connectivity index (χ2v) is 4.45. The molecule has 0 saturated carbocycles. The fraction of sp³-hybridized carbons (Fsp3) is 0.500. The first-order chi connectivity index (χ1) is 7.56. The summed E-state index contributed by atoms with van der Waals surface area (Å²) in [4.78, 5) is 0. The highest BCUT2D eigenvalue weighted by Crippen LogP contribution is 2.26. The van der Waals surface area contributed by atoms with E-state index in [1.807, 2.05) is 13.8 Å². The fourth-order valence-electron chi connectivity index (χ4n) is 1.40.